The van der Waals surface area contributed by atoms with Gasteiger partial charge in [-0.3, -0.25) is 14.6 Å². The van der Waals surface area contributed by atoms with E-state index >= 15 is 0 Å². The van der Waals surface area contributed by atoms with E-state index in [4.69, 9.17) is 14.3 Å². The van der Waals surface area contributed by atoms with E-state index in [2.05, 4.69) is 41.3 Å². The maximum Gasteiger partial charge on any atom is 0.324 e. The Morgan fingerprint density at radius 2 is 1.79 bits per heavy atom. The van der Waals surface area contributed by atoms with Crippen LogP contribution in [0.5, 0.6) is 5.75 Å². The third-order valence-corrected chi connectivity index (χ3v) is 6.22. The summed E-state index contributed by atoms with van der Waals surface area (Å²) in [6.45, 7) is 8.97. The molecule has 3 atom stereocenters. The van der Waals surface area contributed by atoms with Crippen molar-refractivity contribution < 1.29 is 27.5 Å². The number of methoxy groups -OCH3 is 1. The van der Waals surface area contributed by atoms with Crippen LogP contribution in [-0.2, 0) is 30.8 Å². The van der Waals surface area contributed by atoms with Gasteiger partial charge >= 0.3 is 5.97 Å². The van der Waals surface area contributed by atoms with Gasteiger partial charge in [0.1, 0.15) is 11.8 Å². The normalized spacial score (nSPS) is 15.2. The van der Waals surface area contributed by atoms with E-state index in [1.54, 1.807) is 38.4 Å². The van der Waals surface area contributed by atoms with Gasteiger partial charge in [0, 0.05) is 14.1 Å². The molecular weight excluding hydrogens is 460 g/mol. The molecule has 0 spiro atoms. The molecular formula is C23H40N4O6S. The molecule has 0 fully saturated rings. The Morgan fingerprint density at radius 3 is 2.29 bits per heavy atom. The molecule has 2 unspecified atom stereocenters. The third-order valence-electron chi connectivity index (χ3n) is 5.51. The van der Waals surface area contributed by atoms with Gasteiger partial charge in [0.05, 0.1) is 26.1 Å². The van der Waals surface area contributed by atoms with Crippen LogP contribution < -0.4 is 20.3 Å². The number of guanidine groups is 1. The fraction of sp³-hybridized carbons (Fsp3) is 0.652. The van der Waals surface area contributed by atoms with Gasteiger partial charge < -0.3 is 14.8 Å². The average Bonchev–Trinajstić information content (AvgIpc) is 2.76. The Labute approximate surface area is 203 Å². The van der Waals surface area contributed by atoms with E-state index < -0.39 is 22.0 Å². The number of hydroxylamine groups is 1. The summed E-state index contributed by atoms with van der Waals surface area (Å²) in [5.74, 6) is 0.891. The van der Waals surface area contributed by atoms with Crippen molar-refractivity contribution in [1.82, 2.24) is 15.5 Å². The molecule has 1 rings (SSSR count). The Bertz CT molecular complexity index is 903. The third kappa shape index (κ3) is 10.7. The summed E-state index contributed by atoms with van der Waals surface area (Å²) in [7, 11) is 1.11. The standard InChI is InChI=1S/C23H40N4O6S/c1-16(14-23(3,4)17(2)33-26-22(24-5)25-6)15-32-19-11-9-18(10-12-19)13-20(21(28)31-7)27-34(8,29)30/h9-12,16-17,20,27H,13-15H2,1-8H3,(H2,24,25,26)/t16?,17?,20-/m0/s1. The molecule has 0 aliphatic rings. The summed E-state index contributed by atoms with van der Waals surface area (Å²) in [5, 5.41) is 2.91. The Kier molecular flexibility index (Phi) is 11.8. The van der Waals surface area contributed by atoms with Gasteiger partial charge in [0.2, 0.25) is 16.0 Å². The van der Waals surface area contributed by atoms with Crippen molar-refractivity contribution >= 4 is 22.0 Å². The van der Waals surface area contributed by atoms with Crippen LogP contribution in [0.15, 0.2) is 29.3 Å². The molecule has 0 bridgehead atoms. The van der Waals surface area contributed by atoms with Crippen molar-refractivity contribution in [2.45, 2.75) is 52.7 Å². The number of nitrogens with zero attached hydrogens (tertiary/aromatic N) is 1. The number of carbonyl (C=O) groups excluding carboxylic acids is 1. The van der Waals surface area contributed by atoms with Gasteiger partial charge in [-0.05, 0) is 48.8 Å². The largest absolute Gasteiger partial charge is 0.493 e. The van der Waals surface area contributed by atoms with Crippen LogP contribution in [0.3, 0.4) is 0 Å². The van der Waals surface area contributed by atoms with E-state index in [1.165, 1.54) is 7.11 Å². The van der Waals surface area contributed by atoms with Crippen molar-refractivity contribution in [2.75, 3.05) is 34.1 Å². The quantitative estimate of drug-likeness (QED) is 0.162. The number of nitrogens with one attached hydrogen (secondary N) is 3. The number of rotatable bonds is 13. The lowest BCUT2D eigenvalue weighted by molar-refractivity contribution is -0.142. The van der Waals surface area contributed by atoms with E-state index in [0.29, 0.717) is 18.3 Å². The Balaban J connectivity index is 2.62. The summed E-state index contributed by atoms with van der Waals surface area (Å²) >= 11 is 0. The second-order valence-electron chi connectivity index (χ2n) is 9.11. The smallest absolute Gasteiger partial charge is 0.324 e. The molecule has 0 aliphatic heterocycles. The lowest BCUT2D eigenvalue weighted by Crippen LogP contribution is -2.42. The van der Waals surface area contributed by atoms with Gasteiger partial charge in [-0.25, -0.2) is 18.6 Å². The minimum Gasteiger partial charge on any atom is -0.493 e. The molecule has 3 N–H and O–H groups in total. The molecule has 0 saturated heterocycles. The van der Waals surface area contributed by atoms with Gasteiger partial charge in [-0.2, -0.15) is 0 Å². The minimum atomic E-state index is -3.55. The first-order chi connectivity index (χ1) is 15.8. The topological polar surface area (TPSA) is 127 Å². The van der Waals surface area contributed by atoms with Gasteiger partial charge in [-0.1, -0.05) is 32.9 Å². The van der Waals surface area contributed by atoms with E-state index in [1.807, 2.05) is 6.92 Å². The number of hydrogen-bond acceptors (Lipinski definition) is 7. The molecule has 194 valence electrons. The van der Waals surface area contributed by atoms with Crippen molar-refractivity contribution in [1.29, 1.82) is 0 Å². The second kappa shape index (κ2) is 13.5. The summed E-state index contributed by atoms with van der Waals surface area (Å²) in [4.78, 5) is 21.7. The van der Waals surface area contributed by atoms with Crippen LogP contribution in [-0.4, -0.2) is 66.6 Å². The van der Waals surface area contributed by atoms with Crippen molar-refractivity contribution in [3.63, 3.8) is 0 Å². The van der Waals surface area contributed by atoms with E-state index in [0.717, 1.165) is 18.2 Å². The summed E-state index contributed by atoms with van der Waals surface area (Å²) < 4.78 is 36.0. The highest BCUT2D eigenvalue weighted by Crippen LogP contribution is 2.31. The maximum atomic E-state index is 11.9. The SMILES string of the molecule is CN=C(NC)NOC(C)C(C)(C)CC(C)COc1ccc(C[C@H](NS(C)(=O)=O)C(=O)OC)cc1. The highest BCUT2D eigenvalue weighted by molar-refractivity contribution is 7.88. The Hall–Kier alpha value is -2.37. The lowest BCUT2D eigenvalue weighted by Gasteiger charge is -2.33. The number of hydrogen-bond donors (Lipinski definition) is 3. The molecule has 11 heteroatoms. The molecule has 0 amide bonds. The molecule has 0 aromatic heterocycles. The second-order valence-corrected chi connectivity index (χ2v) is 10.9. The van der Waals surface area contributed by atoms with Crippen LogP contribution in [0.1, 0.15) is 39.7 Å². The van der Waals surface area contributed by atoms with Crippen LogP contribution in [0, 0.1) is 11.3 Å². The molecule has 0 heterocycles. The maximum absolute atomic E-state index is 11.9. The van der Waals surface area contributed by atoms with Crippen LogP contribution in [0.25, 0.3) is 0 Å². The molecule has 0 aliphatic carbocycles. The van der Waals surface area contributed by atoms with Gasteiger partial charge in [-0.15, -0.1) is 0 Å². The fourth-order valence-electron chi connectivity index (χ4n) is 3.40. The monoisotopic (exact) mass is 500 g/mol. The number of esters is 1. The molecule has 1 aromatic rings. The number of ether oxygens (including phenoxy) is 2. The predicted octanol–water partition coefficient (Wildman–Crippen LogP) is 1.87. The van der Waals surface area contributed by atoms with E-state index in [9.17, 15) is 13.2 Å². The summed E-state index contributed by atoms with van der Waals surface area (Å²) in [6, 6.07) is 6.24. The number of aliphatic imine (C=N–C) groups is 1. The van der Waals surface area contributed by atoms with Crippen molar-refractivity contribution in [3.05, 3.63) is 29.8 Å². The van der Waals surface area contributed by atoms with E-state index in [-0.39, 0.29) is 23.9 Å². The first-order valence-electron chi connectivity index (χ1n) is 11.1. The van der Waals surface area contributed by atoms with Gasteiger partial charge in [0.15, 0.2) is 0 Å². The summed E-state index contributed by atoms with van der Waals surface area (Å²) in [5.41, 5.74) is 3.51. The molecule has 1 aromatic carbocycles. The zero-order valence-electron chi connectivity index (χ0n) is 21.5. The number of sulfonamides is 1. The highest BCUT2D eigenvalue weighted by Gasteiger charge is 2.30. The molecule has 10 nitrogen and oxygen atoms in total. The predicted molar refractivity (Wildman–Crippen MR) is 133 cm³/mol. The minimum absolute atomic E-state index is 0.0670. The Morgan fingerprint density at radius 1 is 1.18 bits per heavy atom. The lowest BCUT2D eigenvalue weighted by atomic mass is 9.79. The zero-order valence-corrected chi connectivity index (χ0v) is 22.3. The summed E-state index contributed by atoms with van der Waals surface area (Å²) in [6.07, 6.45) is 1.99. The zero-order chi connectivity index (χ0) is 25.9. The van der Waals surface area contributed by atoms with Crippen LogP contribution in [0.2, 0.25) is 0 Å². The van der Waals surface area contributed by atoms with Crippen molar-refractivity contribution in [2.24, 2.45) is 16.3 Å². The van der Waals surface area contributed by atoms with Crippen LogP contribution in [0.4, 0.5) is 0 Å². The van der Waals surface area contributed by atoms with Gasteiger partial charge in [0.25, 0.3) is 0 Å². The molecule has 0 saturated carbocycles. The molecule has 0 radical (unpaired) electrons. The van der Waals surface area contributed by atoms with Crippen LogP contribution >= 0.6 is 0 Å². The number of benzene rings is 1. The first kappa shape index (κ1) is 29.7. The fourth-order valence-corrected chi connectivity index (χ4v) is 4.10. The molecule has 34 heavy (non-hydrogen) atoms. The average molecular weight is 501 g/mol. The van der Waals surface area contributed by atoms with Crippen molar-refractivity contribution in [3.8, 4) is 5.75 Å². The first-order valence-corrected chi connectivity index (χ1v) is 13.0. The number of carbonyl (C=O) groups is 1. The highest BCUT2D eigenvalue weighted by atomic mass is 32.2.